The van der Waals surface area contributed by atoms with Gasteiger partial charge < -0.3 is 10.2 Å². The van der Waals surface area contributed by atoms with E-state index < -0.39 is 6.04 Å². The molecular weight excluding hydrogens is 300 g/mol. The minimum Gasteiger partial charge on any atom is -0.355 e. The molecule has 0 saturated heterocycles. The fourth-order valence-corrected chi connectivity index (χ4v) is 2.48. The molecule has 0 saturated carbocycles. The number of halogens is 1. The zero-order valence-corrected chi connectivity index (χ0v) is 14.3. The number of nitrogens with one attached hydrogen (secondary N) is 1. The van der Waals surface area contributed by atoms with Crippen molar-refractivity contribution in [1.82, 2.24) is 10.2 Å². The van der Waals surface area contributed by atoms with E-state index in [1.807, 2.05) is 32.9 Å². The standard InChI is InChI=1S/C17H25ClN2O2/c1-4-7-16(21)20(15(5-2)17(22)19-6-3)12-13-8-10-14(18)11-9-13/h8-11,15H,4-7,12H2,1-3H3,(H,19,22)/t15-/m0/s1. The van der Waals surface area contributed by atoms with Gasteiger partial charge in [-0.25, -0.2) is 0 Å². The number of nitrogens with zero attached hydrogens (tertiary/aromatic N) is 1. The van der Waals surface area contributed by atoms with E-state index in [2.05, 4.69) is 5.32 Å². The maximum absolute atomic E-state index is 12.4. The van der Waals surface area contributed by atoms with Crippen LogP contribution in [0.3, 0.4) is 0 Å². The third kappa shape index (κ3) is 5.34. The molecule has 0 heterocycles. The van der Waals surface area contributed by atoms with Crippen LogP contribution < -0.4 is 5.32 Å². The quantitative estimate of drug-likeness (QED) is 0.797. The molecule has 0 aromatic heterocycles. The van der Waals surface area contributed by atoms with Crippen molar-refractivity contribution in [3.63, 3.8) is 0 Å². The van der Waals surface area contributed by atoms with Gasteiger partial charge in [0.05, 0.1) is 0 Å². The zero-order chi connectivity index (χ0) is 16.5. The van der Waals surface area contributed by atoms with Gasteiger partial charge in [0.25, 0.3) is 0 Å². The van der Waals surface area contributed by atoms with E-state index in [1.54, 1.807) is 17.0 Å². The number of likely N-dealkylation sites (N-methyl/N-ethyl adjacent to an activating group) is 1. The fraction of sp³-hybridized carbons (Fsp3) is 0.529. The second-order valence-corrected chi connectivity index (χ2v) is 5.65. The Morgan fingerprint density at radius 2 is 1.82 bits per heavy atom. The molecule has 0 aliphatic rings. The Morgan fingerprint density at radius 1 is 1.18 bits per heavy atom. The third-order valence-corrected chi connectivity index (χ3v) is 3.72. The highest BCUT2D eigenvalue weighted by atomic mass is 35.5. The maximum atomic E-state index is 12.4. The third-order valence-electron chi connectivity index (χ3n) is 3.47. The highest BCUT2D eigenvalue weighted by molar-refractivity contribution is 6.30. The second kappa shape index (κ2) is 9.46. The Labute approximate surface area is 137 Å². The minimum absolute atomic E-state index is 0.00977. The van der Waals surface area contributed by atoms with E-state index in [0.717, 1.165) is 12.0 Å². The molecule has 4 nitrogen and oxygen atoms in total. The summed E-state index contributed by atoms with van der Waals surface area (Å²) in [5, 5.41) is 3.47. The summed E-state index contributed by atoms with van der Waals surface area (Å²) in [6.07, 6.45) is 1.81. The van der Waals surface area contributed by atoms with Crippen molar-refractivity contribution in [1.29, 1.82) is 0 Å². The second-order valence-electron chi connectivity index (χ2n) is 5.22. The Morgan fingerprint density at radius 3 is 2.32 bits per heavy atom. The molecule has 0 spiro atoms. The van der Waals surface area contributed by atoms with Gasteiger partial charge >= 0.3 is 0 Å². The first kappa shape index (κ1) is 18.5. The van der Waals surface area contributed by atoms with Crippen molar-refractivity contribution in [3.8, 4) is 0 Å². The number of hydrogen-bond acceptors (Lipinski definition) is 2. The smallest absolute Gasteiger partial charge is 0.242 e. The Balaban J connectivity index is 2.97. The Hall–Kier alpha value is -1.55. The summed E-state index contributed by atoms with van der Waals surface area (Å²) in [5.41, 5.74) is 0.969. The van der Waals surface area contributed by atoms with Gasteiger partial charge in [-0.15, -0.1) is 0 Å². The van der Waals surface area contributed by atoms with Crippen molar-refractivity contribution >= 4 is 23.4 Å². The lowest BCUT2D eigenvalue weighted by Crippen LogP contribution is -2.48. The molecule has 0 radical (unpaired) electrons. The van der Waals surface area contributed by atoms with Crippen LogP contribution in [0.2, 0.25) is 5.02 Å². The van der Waals surface area contributed by atoms with Crippen LogP contribution in [0.25, 0.3) is 0 Å². The van der Waals surface area contributed by atoms with Crippen molar-refractivity contribution in [2.24, 2.45) is 0 Å². The first-order valence-corrected chi connectivity index (χ1v) is 8.22. The molecule has 1 rings (SSSR count). The normalized spacial score (nSPS) is 11.8. The SMILES string of the molecule is CCCC(=O)N(Cc1ccc(Cl)cc1)[C@@H](CC)C(=O)NCC. The molecule has 0 aliphatic carbocycles. The molecule has 1 N–H and O–H groups in total. The zero-order valence-electron chi connectivity index (χ0n) is 13.6. The number of benzene rings is 1. The number of hydrogen-bond donors (Lipinski definition) is 1. The molecule has 0 unspecified atom stereocenters. The fourth-order valence-electron chi connectivity index (χ4n) is 2.36. The molecular formula is C17H25ClN2O2. The highest BCUT2D eigenvalue weighted by Gasteiger charge is 2.27. The summed E-state index contributed by atoms with van der Waals surface area (Å²) >= 11 is 5.90. The monoisotopic (exact) mass is 324 g/mol. The first-order valence-electron chi connectivity index (χ1n) is 7.85. The van der Waals surface area contributed by atoms with Gasteiger partial charge in [0.1, 0.15) is 6.04 Å². The topological polar surface area (TPSA) is 49.4 Å². The minimum atomic E-state index is -0.435. The Kier molecular flexibility index (Phi) is 7.96. The van der Waals surface area contributed by atoms with E-state index in [9.17, 15) is 9.59 Å². The summed E-state index contributed by atoms with van der Waals surface area (Å²) in [7, 11) is 0. The summed E-state index contributed by atoms with van der Waals surface area (Å²) in [5.74, 6) is -0.0843. The van der Waals surface area contributed by atoms with Crippen molar-refractivity contribution in [2.45, 2.75) is 52.6 Å². The molecule has 5 heteroatoms. The first-order chi connectivity index (χ1) is 10.5. The van der Waals surface area contributed by atoms with Crippen molar-refractivity contribution < 1.29 is 9.59 Å². The largest absolute Gasteiger partial charge is 0.355 e. The van der Waals surface area contributed by atoms with E-state index in [1.165, 1.54) is 0 Å². The van der Waals surface area contributed by atoms with E-state index in [-0.39, 0.29) is 11.8 Å². The lowest BCUT2D eigenvalue weighted by Gasteiger charge is -2.30. The summed E-state index contributed by atoms with van der Waals surface area (Å²) < 4.78 is 0. The molecule has 122 valence electrons. The van der Waals surface area contributed by atoms with Gasteiger partial charge in [0.15, 0.2) is 0 Å². The van der Waals surface area contributed by atoms with E-state index >= 15 is 0 Å². The lowest BCUT2D eigenvalue weighted by atomic mass is 10.1. The summed E-state index contributed by atoms with van der Waals surface area (Å²) in [6, 6.07) is 6.94. The van der Waals surface area contributed by atoms with Crippen LogP contribution in [0.4, 0.5) is 0 Å². The number of amides is 2. The lowest BCUT2D eigenvalue weighted by molar-refractivity contribution is -0.141. The van der Waals surface area contributed by atoms with Crippen molar-refractivity contribution in [3.05, 3.63) is 34.9 Å². The van der Waals surface area contributed by atoms with E-state index in [0.29, 0.717) is 31.0 Å². The van der Waals surface area contributed by atoms with Crippen LogP contribution in [0, 0.1) is 0 Å². The van der Waals surface area contributed by atoms with E-state index in [4.69, 9.17) is 11.6 Å². The number of carbonyl (C=O) groups is 2. The Bertz CT molecular complexity index is 488. The van der Waals surface area contributed by atoms with Crippen molar-refractivity contribution in [2.75, 3.05) is 6.54 Å². The van der Waals surface area contributed by atoms with Crippen LogP contribution in [-0.4, -0.2) is 29.3 Å². The number of carbonyl (C=O) groups excluding carboxylic acids is 2. The average molecular weight is 325 g/mol. The molecule has 2 amide bonds. The molecule has 0 bridgehead atoms. The summed E-state index contributed by atoms with van der Waals surface area (Å²) in [6.45, 7) is 6.75. The highest BCUT2D eigenvalue weighted by Crippen LogP contribution is 2.16. The molecule has 22 heavy (non-hydrogen) atoms. The maximum Gasteiger partial charge on any atom is 0.242 e. The van der Waals surface area contributed by atoms with Crippen LogP contribution in [0.1, 0.15) is 45.6 Å². The van der Waals surface area contributed by atoms with Crippen LogP contribution in [-0.2, 0) is 16.1 Å². The molecule has 1 aromatic rings. The van der Waals surface area contributed by atoms with Gasteiger partial charge in [-0.1, -0.05) is 37.6 Å². The van der Waals surface area contributed by atoms with Gasteiger partial charge in [-0.3, -0.25) is 9.59 Å². The molecule has 0 aliphatic heterocycles. The predicted molar refractivity (Wildman–Crippen MR) is 89.7 cm³/mol. The van der Waals surface area contributed by atoms with Crippen LogP contribution >= 0.6 is 11.6 Å². The number of rotatable bonds is 8. The summed E-state index contributed by atoms with van der Waals surface area (Å²) in [4.78, 5) is 26.4. The van der Waals surface area contributed by atoms with Gasteiger partial charge in [0, 0.05) is 24.5 Å². The predicted octanol–water partition coefficient (Wildman–Crippen LogP) is 3.38. The van der Waals surface area contributed by atoms with Crippen LogP contribution in [0.5, 0.6) is 0 Å². The van der Waals surface area contributed by atoms with Crippen LogP contribution in [0.15, 0.2) is 24.3 Å². The molecule has 1 atom stereocenters. The van der Waals surface area contributed by atoms with Gasteiger partial charge in [-0.2, -0.15) is 0 Å². The molecule has 1 aromatic carbocycles. The van der Waals surface area contributed by atoms with Gasteiger partial charge in [0.2, 0.25) is 11.8 Å². The average Bonchev–Trinajstić information content (AvgIpc) is 2.49. The molecule has 0 fully saturated rings. The van der Waals surface area contributed by atoms with Gasteiger partial charge in [-0.05, 0) is 37.5 Å².